The average Bonchev–Trinajstić information content (AvgIpc) is 3.30. The maximum absolute atomic E-state index is 11.7. The number of hydrogen-bond donors (Lipinski definition) is 2. The Kier molecular flexibility index (Phi) is 5.16. The van der Waals surface area contributed by atoms with E-state index in [1.54, 1.807) is 0 Å². The van der Waals surface area contributed by atoms with Crippen LogP contribution in [0.15, 0.2) is 36.0 Å². The number of fused-ring (bicyclic) bond motifs is 6. The van der Waals surface area contributed by atoms with Gasteiger partial charge < -0.3 is 10.2 Å². The Hall–Kier alpha value is -1.62. The minimum absolute atomic E-state index is 0.0757. The van der Waals surface area contributed by atoms with Crippen molar-refractivity contribution in [2.45, 2.75) is 71.0 Å². The number of aliphatic hydroxyl groups excluding tert-OH is 1. The summed E-state index contributed by atoms with van der Waals surface area (Å²) in [6, 6.07) is 8.50. The number of hydrogen-bond acceptors (Lipinski definition) is 3. The molecule has 34 heavy (non-hydrogen) atoms. The van der Waals surface area contributed by atoms with Crippen molar-refractivity contribution in [3.05, 3.63) is 50.9 Å². The summed E-state index contributed by atoms with van der Waals surface area (Å²) in [5.41, 5.74) is 3.60. The zero-order valence-corrected chi connectivity index (χ0v) is 22.3. The summed E-state index contributed by atoms with van der Waals surface area (Å²) >= 11 is 2.33. The van der Waals surface area contributed by atoms with Crippen LogP contribution in [0.4, 0.5) is 0 Å². The van der Waals surface area contributed by atoms with Gasteiger partial charge in [-0.2, -0.15) is 5.10 Å². The molecule has 0 amide bonds. The zero-order chi connectivity index (χ0) is 23.9. The molecule has 0 saturated heterocycles. The molecule has 6 rings (SSSR count). The number of aromatic nitrogens is 2. The molecule has 2 N–H and O–H groups in total. The molecule has 4 nitrogen and oxygen atoms in total. The highest BCUT2D eigenvalue weighted by molar-refractivity contribution is 14.1. The molecule has 4 aliphatic rings. The lowest BCUT2D eigenvalue weighted by atomic mass is 9.45. The average molecular weight is 573 g/mol. The first kappa shape index (κ1) is 22.8. The topological polar surface area (TPSA) is 58.3 Å². The summed E-state index contributed by atoms with van der Waals surface area (Å²) < 4.78 is 3.28. The van der Waals surface area contributed by atoms with Crippen molar-refractivity contribution < 1.29 is 10.2 Å². The van der Waals surface area contributed by atoms with Gasteiger partial charge in [-0.15, -0.1) is 5.92 Å². The molecule has 1 aromatic carbocycles. The summed E-state index contributed by atoms with van der Waals surface area (Å²) in [5.74, 6) is 7.15. The fourth-order valence-corrected chi connectivity index (χ4v) is 8.75. The first-order chi connectivity index (χ1) is 16.2. The highest BCUT2D eigenvalue weighted by atomic mass is 131. The second kappa shape index (κ2) is 7.69. The van der Waals surface area contributed by atoms with Gasteiger partial charge in [-0.3, -0.25) is 0 Å². The molecule has 3 fully saturated rings. The van der Waals surface area contributed by atoms with E-state index in [1.807, 2.05) is 13.1 Å². The van der Waals surface area contributed by atoms with Crippen LogP contribution in [0.1, 0.15) is 64.1 Å². The number of rotatable bonds is 1. The first-order valence-electron chi connectivity index (χ1n) is 12.6. The third kappa shape index (κ3) is 3.01. The molecule has 4 aliphatic carbocycles. The normalized spacial score (nSPS) is 40.2. The van der Waals surface area contributed by atoms with Crippen LogP contribution >= 0.6 is 22.6 Å². The summed E-state index contributed by atoms with van der Waals surface area (Å²) in [7, 11) is 0. The molecule has 1 heterocycles. The van der Waals surface area contributed by atoms with Crippen LogP contribution in [-0.4, -0.2) is 31.7 Å². The van der Waals surface area contributed by atoms with Gasteiger partial charge in [0.25, 0.3) is 0 Å². The van der Waals surface area contributed by atoms with Crippen LogP contribution < -0.4 is 0 Å². The second-order valence-corrected chi connectivity index (χ2v) is 12.8. The number of allylic oxidation sites excluding steroid dienone is 1. The van der Waals surface area contributed by atoms with E-state index in [2.05, 4.69) is 83.3 Å². The van der Waals surface area contributed by atoms with Crippen LogP contribution in [0.2, 0.25) is 0 Å². The molecule has 5 heteroatoms. The fraction of sp³-hybridized carbons (Fsp3) is 0.552. The lowest BCUT2D eigenvalue weighted by Gasteiger charge is -2.60. The van der Waals surface area contributed by atoms with Crippen molar-refractivity contribution in [3.8, 4) is 17.5 Å². The van der Waals surface area contributed by atoms with Crippen molar-refractivity contribution in [2.24, 2.45) is 28.6 Å². The summed E-state index contributed by atoms with van der Waals surface area (Å²) in [4.78, 5) is 0. The first-order valence-corrected chi connectivity index (χ1v) is 13.7. The zero-order valence-electron chi connectivity index (χ0n) is 20.2. The van der Waals surface area contributed by atoms with Crippen LogP contribution in [0.25, 0.3) is 11.8 Å². The van der Waals surface area contributed by atoms with E-state index in [9.17, 15) is 10.2 Å². The van der Waals surface area contributed by atoms with Crippen molar-refractivity contribution in [2.75, 3.05) is 0 Å². The SMILES string of the molecule is CC#C[C@]1(O)CC[C@H]2[C@@H]3CCC4=Cc5c(cnn5-c5ccc([131I])cc5)C[C@]4(C)[C@H]3[C@@H](O)C[C@@]21C. The molecule has 1 aromatic heterocycles. The van der Waals surface area contributed by atoms with Crippen molar-refractivity contribution in [1.29, 1.82) is 0 Å². The van der Waals surface area contributed by atoms with Crippen LogP contribution in [0.3, 0.4) is 0 Å². The van der Waals surface area contributed by atoms with Crippen molar-refractivity contribution in [1.82, 2.24) is 9.78 Å². The van der Waals surface area contributed by atoms with Gasteiger partial charge >= 0.3 is 0 Å². The summed E-state index contributed by atoms with van der Waals surface area (Å²) in [6.45, 7) is 6.37. The molecule has 0 aliphatic heterocycles. The maximum Gasteiger partial charge on any atom is 0.131 e. The van der Waals surface area contributed by atoms with E-state index in [0.29, 0.717) is 18.3 Å². The molecular weight excluding hydrogens is 539 g/mol. The third-order valence-corrected chi connectivity index (χ3v) is 10.7. The van der Waals surface area contributed by atoms with E-state index in [0.717, 1.165) is 37.8 Å². The van der Waals surface area contributed by atoms with Gasteiger partial charge in [-0.05, 0) is 127 Å². The Morgan fingerprint density at radius 3 is 2.68 bits per heavy atom. The molecule has 3 saturated carbocycles. The highest BCUT2D eigenvalue weighted by Crippen LogP contribution is 2.67. The van der Waals surface area contributed by atoms with Gasteiger partial charge in [0.15, 0.2) is 0 Å². The Balaban J connectivity index is 1.38. The second-order valence-electron chi connectivity index (χ2n) is 11.5. The Morgan fingerprint density at radius 2 is 1.94 bits per heavy atom. The standard InChI is InChI=1S/C29H33IN2O2/c1-4-12-29(34)13-11-23-22-10-5-19-14-24-18(17-31-32(24)21-8-6-20(30)7-9-21)15-27(19,2)26(22)25(33)16-28(23,29)3/h6-9,14,17,22-23,25-26,33-34H,5,10-11,13,15-16H2,1-3H3/t22-,23-,25-,26+,27-,28-,29-/m0/s1/i30+4. The minimum Gasteiger partial charge on any atom is -0.393 e. The maximum atomic E-state index is 11.7. The quantitative estimate of drug-likeness (QED) is 0.356. The van der Waals surface area contributed by atoms with E-state index >= 15 is 0 Å². The molecule has 0 bridgehead atoms. The van der Waals surface area contributed by atoms with Gasteiger partial charge in [-0.25, -0.2) is 4.68 Å². The van der Waals surface area contributed by atoms with E-state index < -0.39 is 11.7 Å². The summed E-state index contributed by atoms with van der Waals surface area (Å²) in [5, 5.41) is 27.9. The third-order valence-electron chi connectivity index (χ3n) is 9.98. The number of nitrogens with zero attached hydrogens (tertiary/aromatic N) is 2. The van der Waals surface area contributed by atoms with E-state index in [4.69, 9.17) is 5.10 Å². The van der Waals surface area contributed by atoms with Crippen LogP contribution in [0.5, 0.6) is 0 Å². The Morgan fingerprint density at radius 1 is 1.18 bits per heavy atom. The van der Waals surface area contributed by atoms with Gasteiger partial charge in [0.05, 0.1) is 23.7 Å². The van der Waals surface area contributed by atoms with Crippen LogP contribution in [-0.2, 0) is 6.42 Å². The molecule has 2 aromatic rings. The lowest BCUT2D eigenvalue weighted by Crippen LogP contribution is -2.59. The fourth-order valence-electron chi connectivity index (χ4n) is 8.39. The van der Waals surface area contributed by atoms with Crippen molar-refractivity contribution in [3.63, 3.8) is 0 Å². The molecule has 0 unspecified atom stereocenters. The molecule has 7 atom stereocenters. The Labute approximate surface area is 216 Å². The van der Waals surface area contributed by atoms with Gasteiger partial charge in [-0.1, -0.05) is 25.3 Å². The van der Waals surface area contributed by atoms with Crippen molar-refractivity contribution >= 4 is 28.7 Å². The van der Waals surface area contributed by atoms with E-state index in [-0.39, 0.29) is 16.7 Å². The number of benzene rings is 1. The van der Waals surface area contributed by atoms with Gasteiger partial charge in [0.2, 0.25) is 0 Å². The van der Waals surface area contributed by atoms with Gasteiger partial charge in [0.1, 0.15) is 5.60 Å². The van der Waals surface area contributed by atoms with Crippen LogP contribution in [0, 0.1) is 44.0 Å². The van der Waals surface area contributed by atoms with E-state index in [1.165, 1.54) is 20.4 Å². The summed E-state index contributed by atoms with van der Waals surface area (Å²) in [6.07, 6.45) is 9.35. The lowest BCUT2D eigenvalue weighted by molar-refractivity contribution is -0.152. The predicted molar refractivity (Wildman–Crippen MR) is 142 cm³/mol. The smallest absolute Gasteiger partial charge is 0.131 e. The molecule has 0 spiro atoms. The highest BCUT2D eigenvalue weighted by Gasteiger charge is 2.66. The molecule has 0 radical (unpaired) electrons. The number of halogens is 1. The molecular formula is C29H33IN2O2. The monoisotopic (exact) mass is 572 g/mol. The minimum atomic E-state index is -0.982. The largest absolute Gasteiger partial charge is 0.393 e. The number of aliphatic hydroxyl groups is 2. The van der Waals surface area contributed by atoms with Gasteiger partial charge in [0, 0.05) is 8.99 Å². The molecule has 178 valence electrons. The Bertz CT molecular complexity index is 1240. The predicted octanol–water partition coefficient (Wildman–Crippen LogP) is 5.38.